The molecule has 0 unspecified atom stereocenters. The number of carbonyl (C=O) groups is 1. The van der Waals surface area contributed by atoms with Gasteiger partial charge in [-0.3, -0.25) is 19.5 Å². The molecular formula is C27H25N5O3S. The minimum atomic E-state index is -0.417. The number of rotatable bonds is 7. The molecule has 0 N–H and O–H groups in total. The maximum Gasteiger partial charge on any atom is 0.269 e. The molecule has 1 amide bonds. The fourth-order valence-electron chi connectivity index (χ4n) is 4.20. The number of nitrogens with zero attached hydrogens (tertiary/aromatic N) is 5. The zero-order chi connectivity index (χ0) is 25.1. The predicted octanol–water partition coefficient (Wildman–Crippen LogP) is 5.68. The van der Waals surface area contributed by atoms with Crippen LogP contribution < -0.4 is 0 Å². The normalized spacial score (nSPS) is 13.2. The third-order valence-electron chi connectivity index (χ3n) is 6.22. The van der Waals surface area contributed by atoms with E-state index in [-0.39, 0.29) is 11.6 Å². The van der Waals surface area contributed by atoms with E-state index in [0.717, 1.165) is 48.3 Å². The monoisotopic (exact) mass is 499 g/mol. The molecule has 0 bridgehead atoms. The van der Waals surface area contributed by atoms with Crippen LogP contribution >= 0.6 is 11.8 Å². The summed E-state index contributed by atoms with van der Waals surface area (Å²) < 4.78 is 1.97. The van der Waals surface area contributed by atoms with Gasteiger partial charge in [0.1, 0.15) is 0 Å². The summed E-state index contributed by atoms with van der Waals surface area (Å²) in [5, 5.41) is 20.6. The molecule has 1 saturated heterocycles. The first-order valence-electron chi connectivity index (χ1n) is 11.8. The van der Waals surface area contributed by atoms with Crippen LogP contribution in [0.3, 0.4) is 0 Å². The number of nitro groups is 1. The number of carbonyl (C=O) groups excluding carboxylic acids is 1. The van der Waals surface area contributed by atoms with Crippen molar-refractivity contribution < 1.29 is 9.72 Å². The van der Waals surface area contributed by atoms with E-state index >= 15 is 0 Å². The largest absolute Gasteiger partial charge is 0.339 e. The molecule has 0 radical (unpaired) electrons. The van der Waals surface area contributed by atoms with Gasteiger partial charge in [-0.05, 0) is 61.7 Å². The molecule has 0 saturated carbocycles. The Labute approximate surface area is 213 Å². The van der Waals surface area contributed by atoms with Gasteiger partial charge in [0.15, 0.2) is 11.0 Å². The number of amides is 1. The van der Waals surface area contributed by atoms with E-state index in [9.17, 15) is 14.9 Å². The van der Waals surface area contributed by atoms with Crippen molar-refractivity contribution in [2.75, 3.05) is 13.1 Å². The molecule has 1 aromatic heterocycles. The molecule has 1 aliphatic heterocycles. The van der Waals surface area contributed by atoms with E-state index in [1.54, 1.807) is 23.9 Å². The van der Waals surface area contributed by atoms with Crippen LogP contribution in [-0.2, 0) is 5.75 Å². The van der Waals surface area contributed by atoms with Crippen LogP contribution in [0.5, 0.6) is 0 Å². The first kappa shape index (κ1) is 23.7. The molecule has 182 valence electrons. The van der Waals surface area contributed by atoms with E-state index in [1.807, 2.05) is 64.9 Å². The van der Waals surface area contributed by atoms with E-state index in [2.05, 4.69) is 10.2 Å². The van der Waals surface area contributed by atoms with Gasteiger partial charge in [-0.15, -0.1) is 10.2 Å². The first-order chi connectivity index (χ1) is 17.5. The molecule has 8 nitrogen and oxygen atoms in total. The number of nitro benzene ring substituents is 1. The summed E-state index contributed by atoms with van der Waals surface area (Å²) in [5.41, 5.74) is 4.61. The van der Waals surface area contributed by atoms with Crippen LogP contribution in [-0.4, -0.2) is 43.6 Å². The van der Waals surface area contributed by atoms with Crippen molar-refractivity contribution in [2.45, 2.75) is 30.7 Å². The summed E-state index contributed by atoms with van der Waals surface area (Å²) >= 11 is 1.55. The number of hydrogen-bond donors (Lipinski definition) is 0. The molecule has 0 aliphatic carbocycles. The molecule has 3 aromatic carbocycles. The Morgan fingerprint density at radius 2 is 1.61 bits per heavy atom. The Morgan fingerprint density at radius 3 is 2.25 bits per heavy atom. The maximum atomic E-state index is 12.6. The molecular weight excluding hydrogens is 474 g/mol. The quantitative estimate of drug-likeness (QED) is 0.184. The molecule has 5 rings (SSSR count). The minimum Gasteiger partial charge on any atom is -0.339 e. The van der Waals surface area contributed by atoms with Gasteiger partial charge in [-0.1, -0.05) is 41.6 Å². The van der Waals surface area contributed by atoms with Crippen molar-refractivity contribution in [1.82, 2.24) is 19.7 Å². The van der Waals surface area contributed by atoms with Crippen molar-refractivity contribution >= 4 is 23.4 Å². The maximum absolute atomic E-state index is 12.6. The molecule has 0 atom stereocenters. The second-order valence-electron chi connectivity index (χ2n) is 8.77. The standard InChI is InChI=1S/C27H25N5O3S/c1-19-4-12-23(13-5-19)31-25(21-10-14-24(15-11-21)32(34)35)28-29-27(31)36-18-20-6-8-22(9-7-20)26(33)30-16-2-3-17-30/h4-15H,2-3,16-18H2,1H3. The predicted molar refractivity (Wildman–Crippen MR) is 139 cm³/mol. The minimum absolute atomic E-state index is 0.0291. The molecule has 4 aromatic rings. The van der Waals surface area contributed by atoms with E-state index in [0.29, 0.717) is 22.3 Å². The van der Waals surface area contributed by atoms with Gasteiger partial charge in [-0.2, -0.15) is 0 Å². The van der Waals surface area contributed by atoms with Gasteiger partial charge in [0.25, 0.3) is 11.6 Å². The van der Waals surface area contributed by atoms with Crippen LogP contribution in [0.2, 0.25) is 0 Å². The lowest BCUT2D eigenvalue weighted by Crippen LogP contribution is -2.27. The summed E-state index contributed by atoms with van der Waals surface area (Å²) in [5.74, 6) is 1.36. The zero-order valence-corrected chi connectivity index (χ0v) is 20.6. The average molecular weight is 500 g/mol. The smallest absolute Gasteiger partial charge is 0.269 e. The highest BCUT2D eigenvalue weighted by molar-refractivity contribution is 7.98. The lowest BCUT2D eigenvalue weighted by atomic mass is 10.1. The lowest BCUT2D eigenvalue weighted by Gasteiger charge is -2.15. The number of aryl methyl sites for hydroxylation is 1. The Morgan fingerprint density at radius 1 is 0.944 bits per heavy atom. The number of non-ortho nitro benzene ring substituents is 1. The number of hydrogen-bond acceptors (Lipinski definition) is 6. The summed E-state index contributed by atoms with van der Waals surface area (Å²) in [6.45, 7) is 3.70. The number of likely N-dealkylation sites (tertiary alicyclic amines) is 1. The van der Waals surface area contributed by atoms with Crippen molar-refractivity contribution in [3.8, 4) is 17.1 Å². The van der Waals surface area contributed by atoms with Crippen molar-refractivity contribution in [2.24, 2.45) is 0 Å². The summed E-state index contributed by atoms with van der Waals surface area (Å²) in [6, 6.07) is 22.2. The highest BCUT2D eigenvalue weighted by Gasteiger charge is 2.20. The van der Waals surface area contributed by atoms with Crippen LogP contribution in [0.15, 0.2) is 78.0 Å². The summed E-state index contributed by atoms with van der Waals surface area (Å²) in [6.07, 6.45) is 2.15. The van der Waals surface area contributed by atoms with Crippen molar-refractivity contribution in [3.05, 3.63) is 99.6 Å². The number of aromatic nitrogens is 3. The molecule has 1 aliphatic rings. The number of thioether (sulfide) groups is 1. The van der Waals surface area contributed by atoms with Crippen LogP contribution in [0, 0.1) is 17.0 Å². The van der Waals surface area contributed by atoms with Gasteiger partial charge >= 0.3 is 0 Å². The van der Waals surface area contributed by atoms with E-state index in [4.69, 9.17) is 0 Å². The Bertz CT molecular complexity index is 1380. The van der Waals surface area contributed by atoms with Gasteiger partial charge in [0.05, 0.1) is 4.92 Å². The van der Waals surface area contributed by atoms with Crippen LogP contribution in [0.25, 0.3) is 17.1 Å². The van der Waals surface area contributed by atoms with Crippen LogP contribution in [0.4, 0.5) is 5.69 Å². The van der Waals surface area contributed by atoms with Crippen molar-refractivity contribution in [3.63, 3.8) is 0 Å². The SMILES string of the molecule is Cc1ccc(-n2c(SCc3ccc(C(=O)N4CCCC4)cc3)nnc2-c2ccc([N+](=O)[O-])cc2)cc1. The summed E-state index contributed by atoms with van der Waals surface area (Å²) in [4.78, 5) is 25.2. The molecule has 0 spiro atoms. The fraction of sp³-hybridized carbons (Fsp3) is 0.222. The van der Waals surface area contributed by atoms with Gasteiger partial charge in [0.2, 0.25) is 0 Å². The van der Waals surface area contributed by atoms with Gasteiger partial charge in [-0.25, -0.2) is 0 Å². The second-order valence-corrected chi connectivity index (χ2v) is 9.71. The average Bonchev–Trinajstić information content (AvgIpc) is 3.59. The Hall–Kier alpha value is -3.98. The molecule has 36 heavy (non-hydrogen) atoms. The van der Waals surface area contributed by atoms with E-state index in [1.165, 1.54) is 12.1 Å². The number of benzene rings is 3. The van der Waals surface area contributed by atoms with Crippen LogP contribution in [0.1, 0.15) is 34.3 Å². The lowest BCUT2D eigenvalue weighted by molar-refractivity contribution is -0.384. The fourth-order valence-corrected chi connectivity index (χ4v) is 5.11. The van der Waals surface area contributed by atoms with Gasteiger partial charge in [0, 0.05) is 47.8 Å². The molecule has 2 heterocycles. The summed E-state index contributed by atoms with van der Waals surface area (Å²) in [7, 11) is 0. The third-order valence-corrected chi connectivity index (χ3v) is 7.22. The molecule has 1 fully saturated rings. The Kier molecular flexibility index (Phi) is 6.81. The highest BCUT2D eigenvalue weighted by Crippen LogP contribution is 2.31. The highest BCUT2D eigenvalue weighted by atomic mass is 32.2. The van der Waals surface area contributed by atoms with E-state index < -0.39 is 4.92 Å². The topological polar surface area (TPSA) is 94.2 Å². The van der Waals surface area contributed by atoms with Crippen molar-refractivity contribution in [1.29, 1.82) is 0 Å². The van der Waals surface area contributed by atoms with Gasteiger partial charge < -0.3 is 4.90 Å². The first-order valence-corrected chi connectivity index (χ1v) is 12.8. The zero-order valence-electron chi connectivity index (χ0n) is 19.8. The third kappa shape index (κ3) is 5.01. The second kappa shape index (κ2) is 10.3. The Balaban J connectivity index is 1.39. The molecule has 9 heteroatoms.